The molecule has 2 aromatic heterocycles. The van der Waals surface area contributed by atoms with Gasteiger partial charge in [0.1, 0.15) is 5.82 Å². The molecule has 1 fully saturated rings. The second-order valence-corrected chi connectivity index (χ2v) is 7.06. The van der Waals surface area contributed by atoms with Crippen LogP contribution in [0.1, 0.15) is 34.9 Å². The Bertz CT molecular complexity index is 901. The largest absolute Gasteiger partial charge is 0.383 e. The number of hydrogen-bond donors (Lipinski definition) is 0. The van der Waals surface area contributed by atoms with Crippen LogP contribution in [0.5, 0.6) is 0 Å². The molecule has 0 radical (unpaired) electrons. The number of hydrogen-bond acceptors (Lipinski definition) is 4. The normalized spacial score (nSPS) is 17.0. The molecule has 0 aliphatic carbocycles. The summed E-state index contributed by atoms with van der Waals surface area (Å²) in [7, 11) is 1.70. The molecule has 0 N–H and O–H groups in total. The fourth-order valence-electron chi connectivity index (χ4n) is 3.79. The number of carbonyl (C=O) groups is 1. The number of piperidine rings is 1. The van der Waals surface area contributed by atoms with E-state index in [0.29, 0.717) is 18.7 Å². The van der Waals surface area contributed by atoms with Crippen molar-refractivity contribution in [1.82, 2.24) is 24.2 Å². The smallest absolute Gasteiger partial charge is 0.253 e. The van der Waals surface area contributed by atoms with E-state index in [4.69, 9.17) is 4.74 Å². The number of likely N-dealkylation sites (tertiary alicyclic amines) is 1. The highest BCUT2D eigenvalue weighted by atomic mass is 16.5. The first-order valence-corrected chi connectivity index (χ1v) is 9.65. The van der Waals surface area contributed by atoms with Crippen molar-refractivity contribution in [2.24, 2.45) is 0 Å². The monoisotopic (exact) mass is 379 g/mol. The summed E-state index contributed by atoms with van der Waals surface area (Å²) in [6, 6.07) is 9.49. The highest BCUT2D eigenvalue weighted by Crippen LogP contribution is 2.27. The summed E-state index contributed by atoms with van der Waals surface area (Å²) in [5.41, 5.74) is 1.65. The molecule has 0 spiro atoms. The second kappa shape index (κ2) is 8.39. The Hall–Kier alpha value is -2.93. The van der Waals surface area contributed by atoms with Gasteiger partial charge in [-0.05, 0) is 43.2 Å². The summed E-state index contributed by atoms with van der Waals surface area (Å²) in [5.74, 6) is 1.38. The molecular weight excluding hydrogens is 354 g/mol. The molecule has 0 unspecified atom stereocenters. The van der Waals surface area contributed by atoms with E-state index in [1.807, 2.05) is 53.8 Å². The Balaban J connectivity index is 1.45. The Kier molecular flexibility index (Phi) is 5.53. The van der Waals surface area contributed by atoms with Gasteiger partial charge in [-0.1, -0.05) is 0 Å². The molecule has 4 rings (SSSR count). The van der Waals surface area contributed by atoms with Gasteiger partial charge >= 0.3 is 0 Å². The van der Waals surface area contributed by atoms with E-state index < -0.39 is 0 Å². The van der Waals surface area contributed by atoms with Crippen molar-refractivity contribution < 1.29 is 9.53 Å². The van der Waals surface area contributed by atoms with Crippen LogP contribution in [0.25, 0.3) is 5.69 Å². The molecule has 7 nitrogen and oxygen atoms in total. The molecule has 1 aromatic carbocycles. The Labute approximate surface area is 164 Å². The minimum absolute atomic E-state index is 0.0757. The highest BCUT2D eigenvalue weighted by Gasteiger charge is 2.28. The molecule has 1 aliphatic heterocycles. The Morgan fingerprint density at radius 1 is 1.21 bits per heavy atom. The molecule has 0 saturated carbocycles. The maximum absolute atomic E-state index is 13.0. The lowest BCUT2D eigenvalue weighted by atomic mass is 9.96. The van der Waals surface area contributed by atoms with Crippen molar-refractivity contribution in [3.8, 4) is 5.69 Å². The zero-order valence-corrected chi connectivity index (χ0v) is 16.1. The van der Waals surface area contributed by atoms with Crippen LogP contribution in [0.4, 0.5) is 0 Å². The van der Waals surface area contributed by atoms with Crippen LogP contribution in [0.15, 0.2) is 55.1 Å². The molecule has 0 bridgehead atoms. The number of ether oxygens (including phenoxy) is 1. The van der Waals surface area contributed by atoms with Gasteiger partial charge in [-0.3, -0.25) is 4.79 Å². The summed E-state index contributed by atoms with van der Waals surface area (Å²) >= 11 is 0. The molecule has 1 aliphatic rings. The number of imidazole rings is 1. The van der Waals surface area contributed by atoms with E-state index in [9.17, 15) is 4.79 Å². The summed E-state index contributed by atoms with van der Waals surface area (Å²) in [5, 5.41) is 4.22. The van der Waals surface area contributed by atoms with Crippen LogP contribution in [-0.4, -0.2) is 56.9 Å². The highest BCUT2D eigenvalue weighted by molar-refractivity contribution is 5.94. The topological polar surface area (TPSA) is 65.2 Å². The molecule has 3 heterocycles. The quantitative estimate of drug-likeness (QED) is 0.661. The number of methoxy groups -OCH3 is 1. The third-order valence-electron chi connectivity index (χ3n) is 5.24. The van der Waals surface area contributed by atoms with Crippen molar-refractivity contribution in [2.75, 3.05) is 26.8 Å². The molecular formula is C21H25N5O2. The van der Waals surface area contributed by atoms with Crippen LogP contribution >= 0.6 is 0 Å². The van der Waals surface area contributed by atoms with Gasteiger partial charge in [-0.25, -0.2) is 9.67 Å². The summed E-state index contributed by atoms with van der Waals surface area (Å²) in [6.45, 7) is 2.92. The predicted octanol–water partition coefficient (Wildman–Crippen LogP) is 2.74. The van der Waals surface area contributed by atoms with Crippen LogP contribution in [0.2, 0.25) is 0 Å². The van der Waals surface area contributed by atoms with Crippen molar-refractivity contribution in [1.29, 1.82) is 0 Å². The van der Waals surface area contributed by atoms with Crippen LogP contribution in [0.3, 0.4) is 0 Å². The van der Waals surface area contributed by atoms with E-state index in [2.05, 4.69) is 14.6 Å². The number of benzene rings is 1. The third-order valence-corrected chi connectivity index (χ3v) is 5.24. The molecule has 3 aromatic rings. The summed E-state index contributed by atoms with van der Waals surface area (Å²) < 4.78 is 9.11. The molecule has 28 heavy (non-hydrogen) atoms. The lowest BCUT2D eigenvalue weighted by molar-refractivity contribution is 0.0702. The SMILES string of the molecule is COCCn1ccnc1[C@@H]1CCCN(C(=O)c2ccc(-n3cccn3)cc2)C1. The first-order valence-electron chi connectivity index (χ1n) is 9.65. The van der Waals surface area contributed by atoms with Gasteiger partial charge in [-0.15, -0.1) is 0 Å². The number of nitrogens with zero attached hydrogens (tertiary/aromatic N) is 5. The fraction of sp³-hybridized carbons (Fsp3) is 0.381. The van der Waals surface area contributed by atoms with E-state index in [1.54, 1.807) is 18.0 Å². The van der Waals surface area contributed by atoms with Gasteiger partial charge in [0.2, 0.25) is 0 Å². The predicted molar refractivity (Wildman–Crippen MR) is 106 cm³/mol. The third kappa shape index (κ3) is 3.84. The summed E-state index contributed by atoms with van der Waals surface area (Å²) in [4.78, 5) is 19.5. The van der Waals surface area contributed by atoms with Crippen molar-refractivity contribution in [3.63, 3.8) is 0 Å². The van der Waals surface area contributed by atoms with Gasteiger partial charge in [-0.2, -0.15) is 5.10 Å². The lowest BCUT2D eigenvalue weighted by Gasteiger charge is -2.32. The first-order chi connectivity index (χ1) is 13.8. The maximum atomic E-state index is 13.0. The van der Waals surface area contributed by atoms with E-state index in [0.717, 1.165) is 37.4 Å². The number of amides is 1. The maximum Gasteiger partial charge on any atom is 0.253 e. The number of aromatic nitrogens is 4. The molecule has 7 heteroatoms. The average Bonchev–Trinajstić information content (AvgIpc) is 3.44. The van der Waals surface area contributed by atoms with Crippen molar-refractivity contribution in [2.45, 2.75) is 25.3 Å². The summed E-state index contributed by atoms with van der Waals surface area (Å²) in [6.07, 6.45) is 9.48. The fourth-order valence-corrected chi connectivity index (χ4v) is 3.79. The van der Waals surface area contributed by atoms with Gasteiger partial charge < -0.3 is 14.2 Å². The van der Waals surface area contributed by atoms with Crippen molar-refractivity contribution in [3.05, 3.63) is 66.5 Å². The zero-order valence-electron chi connectivity index (χ0n) is 16.1. The Morgan fingerprint density at radius 3 is 2.82 bits per heavy atom. The molecule has 1 saturated heterocycles. The van der Waals surface area contributed by atoms with Gasteiger partial charge in [0, 0.05) is 63.0 Å². The zero-order chi connectivity index (χ0) is 19.3. The minimum Gasteiger partial charge on any atom is -0.383 e. The van der Waals surface area contributed by atoms with Crippen LogP contribution in [-0.2, 0) is 11.3 Å². The van der Waals surface area contributed by atoms with E-state index in [1.165, 1.54) is 0 Å². The molecule has 1 amide bonds. The number of carbonyl (C=O) groups excluding carboxylic acids is 1. The van der Waals surface area contributed by atoms with E-state index in [-0.39, 0.29) is 11.8 Å². The second-order valence-electron chi connectivity index (χ2n) is 7.06. The van der Waals surface area contributed by atoms with Gasteiger partial charge in [0.05, 0.1) is 12.3 Å². The Morgan fingerprint density at radius 2 is 2.07 bits per heavy atom. The standard InChI is InChI=1S/C21H25N5O2/c1-28-15-14-24-13-10-22-20(24)18-4-2-11-25(16-18)21(27)17-5-7-19(8-6-17)26-12-3-9-23-26/h3,5-10,12-13,18H,2,4,11,14-16H2,1H3/t18-/m1/s1. The van der Waals surface area contributed by atoms with Gasteiger partial charge in [0.15, 0.2) is 0 Å². The average molecular weight is 379 g/mol. The van der Waals surface area contributed by atoms with Crippen LogP contribution < -0.4 is 0 Å². The van der Waals surface area contributed by atoms with Crippen molar-refractivity contribution >= 4 is 5.91 Å². The number of rotatable bonds is 6. The molecule has 146 valence electrons. The van der Waals surface area contributed by atoms with E-state index >= 15 is 0 Å². The molecule has 1 atom stereocenters. The first kappa shape index (κ1) is 18.4. The lowest BCUT2D eigenvalue weighted by Crippen LogP contribution is -2.39. The minimum atomic E-state index is 0.0757. The van der Waals surface area contributed by atoms with Gasteiger partial charge in [0.25, 0.3) is 5.91 Å². The van der Waals surface area contributed by atoms with Crippen LogP contribution in [0, 0.1) is 0 Å².